The van der Waals surface area contributed by atoms with Crippen LogP contribution in [0.5, 0.6) is 0 Å². The van der Waals surface area contributed by atoms with Crippen molar-refractivity contribution >= 4 is 5.84 Å². The van der Waals surface area contributed by atoms with Gasteiger partial charge in [0, 0.05) is 5.92 Å². The van der Waals surface area contributed by atoms with Crippen molar-refractivity contribution in [3.05, 3.63) is 0 Å². The van der Waals surface area contributed by atoms with Crippen LogP contribution in [0.15, 0.2) is 5.16 Å². The monoisotopic (exact) mass is 186 g/mol. The number of oxime groups is 1. The molecule has 0 amide bonds. The summed E-state index contributed by atoms with van der Waals surface area (Å²) in [5.74, 6) is 1.30. The van der Waals surface area contributed by atoms with Crippen LogP contribution >= 0.6 is 0 Å². The maximum absolute atomic E-state index is 5.64. The summed E-state index contributed by atoms with van der Waals surface area (Å²) < 4.78 is 0. The molecule has 13 heavy (non-hydrogen) atoms. The summed E-state index contributed by atoms with van der Waals surface area (Å²) in [5, 5.41) is 3.91. The molecule has 3 heteroatoms. The van der Waals surface area contributed by atoms with Gasteiger partial charge in [0.15, 0.2) is 0 Å². The highest BCUT2D eigenvalue weighted by molar-refractivity contribution is 5.81. The lowest BCUT2D eigenvalue weighted by Gasteiger charge is -2.17. The fraction of sp³-hybridized carbons (Fsp3) is 0.900. The summed E-state index contributed by atoms with van der Waals surface area (Å²) in [4.78, 5) is 5.34. The molecule has 0 saturated carbocycles. The van der Waals surface area contributed by atoms with Gasteiger partial charge < -0.3 is 10.6 Å². The zero-order chi connectivity index (χ0) is 10.4. The molecule has 3 nitrogen and oxygen atoms in total. The van der Waals surface area contributed by atoms with Crippen LogP contribution in [0.4, 0.5) is 0 Å². The van der Waals surface area contributed by atoms with E-state index >= 15 is 0 Å². The van der Waals surface area contributed by atoms with Gasteiger partial charge in [-0.2, -0.15) is 0 Å². The summed E-state index contributed by atoms with van der Waals surface area (Å²) in [7, 11) is 0. The van der Waals surface area contributed by atoms with Crippen molar-refractivity contribution in [3.8, 4) is 0 Å². The minimum absolute atomic E-state index is 0.178. The number of nitrogens with two attached hydrogens (primary N) is 1. The number of hydrogen-bond donors (Lipinski definition) is 1. The van der Waals surface area contributed by atoms with Gasteiger partial charge in [-0.15, -0.1) is 0 Å². The molecule has 0 aliphatic rings. The molecule has 0 aliphatic heterocycles. The van der Waals surface area contributed by atoms with Crippen LogP contribution in [0.1, 0.15) is 41.0 Å². The summed E-state index contributed by atoms with van der Waals surface area (Å²) >= 11 is 0. The highest BCUT2D eigenvalue weighted by atomic mass is 16.6. The Hall–Kier alpha value is -0.730. The summed E-state index contributed by atoms with van der Waals surface area (Å²) in [6.07, 6.45) is 1.14. The van der Waals surface area contributed by atoms with E-state index in [2.05, 4.69) is 25.9 Å². The molecule has 2 N–H and O–H groups in total. The van der Waals surface area contributed by atoms with Crippen molar-refractivity contribution < 1.29 is 4.84 Å². The second-order valence-electron chi connectivity index (χ2n) is 3.97. The average Bonchev–Trinajstić information content (AvgIpc) is 2.04. The smallest absolute Gasteiger partial charge is 0.141 e. The molecule has 0 aliphatic carbocycles. The molecule has 0 heterocycles. The molecule has 0 aromatic carbocycles. The fourth-order valence-corrected chi connectivity index (χ4v) is 0.902. The van der Waals surface area contributed by atoms with E-state index in [1.165, 1.54) is 0 Å². The van der Waals surface area contributed by atoms with Crippen molar-refractivity contribution in [1.29, 1.82) is 0 Å². The predicted octanol–water partition coefficient (Wildman–Crippen LogP) is 2.37. The topological polar surface area (TPSA) is 47.6 Å². The SMILES string of the molecule is CCC(O/N=C(\N)C(C)C)C(C)C. The predicted molar refractivity (Wildman–Crippen MR) is 56.5 cm³/mol. The average molecular weight is 186 g/mol. The highest BCUT2D eigenvalue weighted by Crippen LogP contribution is 2.10. The first-order valence-electron chi connectivity index (χ1n) is 4.98. The summed E-state index contributed by atoms with van der Waals surface area (Å²) in [5.41, 5.74) is 5.64. The van der Waals surface area contributed by atoms with E-state index in [-0.39, 0.29) is 12.0 Å². The number of amidine groups is 1. The molecule has 1 atom stereocenters. The van der Waals surface area contributed by atoms with Gasteiger partial charge in [0.2, 0.25) is 0 Å². The van der Waals surface area contributed by atoms with Gasteiger partial charge in [0.05, 0.1) is 0 Å². The Labute approximate surface area is 81.3 Å². The molecular formula is C10H22N2O. The van der Waals surface area contributed by atoms with Gasteiger partial charge in [-0.05, 0) is 12.3 Å². The zero-order valence-electron chi connectivity index (χ0n) is 9.37. The maximum Gasteiger partial charge on any atom is 0.141 e. The molecule has 1 unspecified atom stereocenters. The molecule has 0 rings (SSSR count). The van der Waals surface area contributed by atoms with E-state index in [0.717, 1.165) is 6.42 Å². The molecule has 0 fully saturated rings. The zero-order valence-corrected chi connectivity index (χ0v) is 9.37. The number of nitrogens with zero attached hydrogens (tertiary/aromatic N) is 1. The Bertz CT molecular complexity index is 164. The van der Waals surface area contributed by atoms with Gasteiger partial charge >= 0.3 is 0 Å². The Morgan fingerprint density at radius 2 is 1.85 bits per heavy atom. The summed E-state index contributed by atoms with van der Waals surface area (Å²) in [6.45, 7) is 10.3. The lowest BCUT2D eigenvalue weighted by Crippen LogP contribution is -2.22. The second kappa shape index (κ2) is 5.84. The highest BCUT2D eigenvalue weighted by Gasteiger charge is 2.12. The van der Waals surface area contributed by atoms with Crippen molar-refractivity contribution in [2.75, 3.05) is 0 Å². The van der Waals surface area contributed by atoms with E-state index in [1.807, 2.05) is 13.8 Å². The number of hydrogen-bond acceptors (Lipinski definition) is 2. The van der Waals surface area contributed by atoms with E-state index in [1.54, 1.807) is 0 Å². The lowest BCUT2D eigenvalue weighted by atomic mass is 10.1. The van der Waals surface area contributed by atoms with Crippen LogP contribution in [0, 0.1) is 11.8 Å². The Morgan fingerprint density at radius 3 is 2.15 bits per heavy atom. The molecule has 78 valence electrons. The van der Waals surface area contributed by atoms with E-state index in [0.29, 0.717) is 11.8 Å². The summed E-state index contributed by atoms with van der Waals surface area (Å²) in [6, 6.07) is 0. The van der Waals surface area contributed by atoms with Crippen LogP contribution in [0.2, 0.25) is 0 Å². The van der Waals surface area contributed by atoms with Crippen molar-refractivity contribution in [3.63, 3.8) is 0 Å². The Kier molecular flexibility index (Phi) is 5.51. The minimum Gasteiger partial charge on any atom is -0.391 e. The van der Waals surface area contributed by atoms with Crippen molar-refractivity contribution in [1.82, 2.24) is 0 Å². The molecule has 0 radical (unpaired) electrons. The van der Waals surface area contributed by atoms with E-state index in [9.17, 15) is 0 Å². The first-order chi connectivity index (χ1) is 5.99. The normalized spacial score (nSPS) is 15.2. The molecule has 0 spiro atoms. The van der Waals surface area contributed by atoms with Crippen LogP contribution in [0.25, 0.3) is 0 Å². The quantitative estimate of drug-likeness (QED) is 0.407. The molecule has 0 bridgehead atoms. The van der Waals surface area contributed by atoms with E-state index in [4.69, 9.17) is 10.6 Å². The van der Waals surface area contributed by atoms with Gasteiger partial charge in [-0.1, -0.05) is 39.8 Å². The van der Waals surface area contributed by atoms with Crippen molar-refractivity contribution in [2.45, 2.75) is 47.1 Å². The third-order valence-electron chi connectivity index (χ3n) is 2.03. The van der Waals surface area contributed by atoms with Gasteiger partial charge in [0.1, 0.15) is 11.9 Å². The van der Waals surface area contributed by atoms with Crippen LogP contribution < -0.4 is 5.73 Å². The molecule has 0 saturated heterocycles. The third-order valence-corrected chi connectivity index (χ3v) is 2.03. The minimum atomic E-state index is 0.178. The number of rotatable bonds is 5. The van der Waals surface area contributed by atoms with Crippen molar-refractivity contribution in [2.24, 2.45) is 22.7 Å². The first-order valence-corrected chi connectivity index (χ1v) is 4.98. The second-order valence-corrected chi connectivity index (χ2v) is 3.97. The molecular weight excluding hydrogens is 164 g/mol. The standard InChI is InChI=1S/C10H22N2O/c1-6-9(7(2)3)13-12-10(11)8(4)5/h7-9H,6H2,1-5H3,(H2,11,12). The van der Waals surface area contributed by atoms with Crippen LogP contribution in [0.3, 0.4) is 0 Å². The van der Waals surface area contributed by atoms with Crippen LogP contribution in [-0.4, -0.2) is 11.9 Å². The van der Waals surface area contributed by atoms with Gasteiger partial charge in [0.25, 0.3) is 0 Å². The largest absolute Gasteiger partial charge is 0.391 e. The third kappa shape index (κ3) is 4.76. The molecule has 0 aromatic heterocycles. The Balaban J connectivity index is 4.04. The lowest BCUT2D eigenvalue weighted by molar-refractivity contribution is 0.0233. The Morgan fingerprint density at radius 1 is 1.31 bits per heavy atom. The molecule has 0 aromatic rings. The maximum atomic E-state index is 5.64. The van der Waals surface area contributed by atoms with Gasteiger partial charge in [-0.3, -0.25) is 0 Å². The van der Waals surface area contributed by atoms with Gasteiger partial charge in [-0.25, -0.2) is 0 Å². The van der Waals surface area contributed by atoms with E-state index < -0.39 is 0 Å². The van der Waals surface area contributed by atoms with Crippen LogP contribution in [-0.2, 0) is 4.84 Å². The fourth-order valence-electron chi connectivity index (χ4n) is 0.902. The first kappa shape index (κ1) is 12.3.